The van der Waals surface area contributed by atoms with Crippen LogP contribution < -0.4 is 5.11 Å². The van der Waals surface area contributed by atoms with Crippen LogP contribution in [0.5, 0.6) is 0 Å². The second-order valence-electron chi connectivity index (χ2n) is 3.65. The molecule has 0 aromatic rings. The van der Waals surface area contributed by atoms with Crippen molar-refractivity contribution in [1.82, 2.24) is 0 Å². The van der Waals surface area contributed by atoms with Crippen LogP contribution in [0.3, 0.4) is 0 Å². The number of hydrogen-bond acceptors (Lipinski definition) is 2. The van der Waals surface area contributed by atoms with Gasteiger partial charge in [0.15, 0.2) is 0 Å². The van der Waals surface area contributed by atoms with E-state index in [0.717, 1.165) is 30.7 Å². The summed E-state index contributed by atoms with van der Waals surface area (Å²) >= 11 is 0. The number of hydrogen-bond donors (Lipinski definition) is 0. The van der Waals surface area contributed by atoms with E-state index in [2.05, 4.69) is 27.4 Å². The molecule has 0 spiro atoms. The zero-order valence-electron chi connectivity index (χ0n) is 9.51. The highest BCUT2D eigenvalue weighted by Crippen LogP contribution is 2.10. The lowest BCUT2D eigenvalue weighted by Crippen LogP contribution is -2.48. The molecule has 82 valence electrons. The zero-order chi connectivity index (χ0) is 11.2. The van der Waals surface area contributed by atoms with Gasteiger partial charge < -0.3 is 14.4 Å². The first-order valence-corrected chi connectivity index (χ1v) is 5.25. The smallest absolute Gasteiger partial charge is 0.0827 e. The van der Waals surface area contributed by atoms with Gasteiger partial charge in [-0.25, -0.2) is 0 Å². The van der Waals surface area contributed by atoms with Gasteiger partial charge in [-0.15, -0.1) is 0 Å². The molecule has 0 fully saturated rings. The first kappa shape index (κ1) is 13.2. The van der Waals surface area contributed by atoms with Gasteiger partial charge in [0.05, 0.1) is 32.1 Å². The first-order valence-electron chi connectivity index (χ1n) is 5.25. The number of nitrogens with zero attached hydrogens (tertiary/aromatic N) is 1. The van der Waals surface area contributed by atoms with Gasteiger partial charge in [-0.05, 0) is 26.3 Å². The maximum absolute atomic E-state index is 10.5. The van der Waals surface area contributed by atoms with Crippen molar-refractivity contribution in [3.05, 3.63) is 12.2 Å². The zero-order valence-corrected chi connectivity index (χ0v) is 9.51. The van der Waals surface area contributed by atoms with E-state index in [-0.39, 0.29) is 5.57 Å². The number of carbonyl (C=O) groups excluding carboxylic acids is 1. The lowest BCUT2D eigenvalue weighted by atomic mass is 10.2. The minimum absolute atomic E-state index is 0.211. The molecule has 0 N–H and O–H groups in total. The molecule has 0 amide bonds. The van der Waals surface area contributed by atoms with E-state index in [0.29, 0.717) is 6.42 Å². The average molecular weight is 199 g/mol. The summed E-state index contributed by atoms with van der Waals surface area (Å²) < 4.78 is 0.951. The van der Waals surface area contributed by atoms with E-state index in [9.17, 15) is 9.90 Å². The Balaban J connectivity index is 4.19. The third kappa shape index (κ3) is 3.50. The minimum atomic E-state index is -1.12. The summed E-state index contributed by atoms with van der Waals surface area (Å²) in [7, 11) is 0. The van der Waals surface area contributed by atoms with Crippen molar-refractivity contribution < 1.29 is 14.4 Å². The predicted octanol–water partition coefficient (Wildman–Crippen LogP) is 0.559. The van der Waals surface area contributed by atoms with Gasteiger partial charge in [0.1, 0.15) is 0 Å². The third-order valence-corrected chi connectivity index (χ3v) is 3.19. The fourth-order valence-corrected chi connectivity index (χ4v) is 1.62. The van der Waals surface area contributed by atoms with Crippen LogP contribution >= 0.6 is 0 Å². The molecule has 3 heteroatoms. The van der Waals surface area contributed by atoms with Crippen LogP contribution in [0.15, 0.2) is 12.2 Å². The van der Waals surface area contributed by atoms with E-state index in [1.54, 1.807) is 0 Å². The SMILES string of the molecule is C=C(CC[N+](CC)(CC)CC)C(=O)[O-]. The summed E-state index contributed by atoms with van der Waals surface area (Å²) in [6.45, 7) is 13.8. The quantitative estimate of drug-likeness (QED) is 0.444. The molecular weight excluding hydrogens is 178 g/mol. The van der Waals surface area contributed by atoms with Crippen molar-refractivity contribution in [2.24, 2.45) is 0 Å². The monoisotopic (exact) mass is 199 g/mol. The fourth-order valence-electron chi connectivity index (χ4n) is 1.62. The molecule has 0 atom stereocenters. The Morgan fingerprint density at radius 1 is 1.21 bits per heavy atom. The van der Waals surface area contributed by atoms with Gasteiger partial charge in [0.2, 0.25) is 0 Å². The van der Waals surface area contributed by atoms with Crippen molar-refractivity contribution in [3.8, 4) is 0 Å². The normalized spacial score (nSPS) is 11.4. The van der Waals surface area contributed by atoms with Crippen molar-refractivity contribution in [2.75, 3.05) is 26.2 Å². The van der Waals surface area contributed by atoms with E-state index in [4.69, 9.17) is 0 Å². The Morgan fingerprint density at radius 3 is 1.93 bits per heavy atom. The van der Waals surface area contributed by atoms with Crippen LogP contribution in [0, 0.1) is 0 Å². The van der Waals surface area contributed by atoms with Crippen LogP contribution in [-0.4, -0.2) is 36.6 Å². The lowest BCUT2D eigenvalue weighted by Gasteiger charge is -2.36. The number of rotatable bonds is 7. The number of carboxylic acid groups (broad SMARTS) is 1. The molecule has 0 aromatic heterocycles. The Bertz CT molecular complexity index is 199. The molecule has 0 saturated carbocycles. The molecule has 14 heavy (non-hydrogen) atoms. The van der Waals surface area contributed by atoms with Gasteiger partial charge in [-0.2, -0.15) is 0 Å². The molecule has 0 aliphatic rings. The molecular formula is C11H21NO2. The summed E-state index contributed by atoms with van der Waals surface area (Å²) in [5, 5.41) is 10.5. The second-order valence-corrected chi connectivity index (χ2v) is 3.65. The maximum Gasteiger partial charge on any atom is 0.0827 e. The Kier molecular flexibility index (Phi) is 5.46. The number of carbonyl (C=O) groups is 1. The van der Waals surface area contributed by atoms with Gasteiger partial charge in [0, 0.05) is 6.42 Å². The predicted molar refractivity (Wildman–Crippen MR) is 55.5 cm³/mol. The van der Waals surface area contributed by atoms with Crippen LogP contribution in [0.4, 0.5) is 0 Å². The Labute approximate surface area is 86.6 Å². The highest BCUT2D eigenvalue weighted by molar-refractivity contribution is 5.83. The van der Waals surface area contributed by atoms with E-state index >= 15 is 0 Å². The molecule has 0 unspecified atom stereocenters. The Hall–Kier alpha value is -0.830. The topological polar surface area (TPSA) is 40.1 Å². The van der Waals surface area contributed by atoms with Gasteiger partial charge in [-0.3, -0.25) is 0 Å². The fraction of sp³-hybridized carbons (Fsp3) is 0.727. The lowest BCUT2D eigenvalue weighted by molar-refractivity contribution is -0.923. The van der Waals surface area contributed by atoms with Gasteiger partial charge in [0.25, 0.3) is 0 Å². The number of aliphatic carboxylic acids is 1. The summed E-state index contributed by atoms with van der Waals surface area (Å²) in [5.74, 6) is -1.12. The number of quaternary nitrogens is 1. The summed E-state index contributed by atoms with van der Waals surface area (Å²) in [5.41, 5.74) is 0.211. The molecule has 0 saturated heterocycles. The minimum Gasteiger partial charge on any atom is -0.545 e. The summed E-state index contributed by atoms with van der Waals surface area (Å²) in [6, 6.07) is 0. The standard InChI is InChI=1S/C11H21NO2/c1-5-12(6-2,7-3)9-8-10(4)11(13)14/h4-9H2,1-3H3. The van der Waals surface area contributed by atoms with Crippen LogP contribution in [0.2, 0.25) is 0 Å². The summed E-state index contributed by atoms with van der Waals surface area (Å²) in [4.78, 5) is 10.5. The first-order chi connectivity index (χ1) is 6.51. The van der Waals surface area contributed by atoms with Crippen molar-refractivity contribution in [3.63, 3.8) is 0 Å². The van der Waals surface area contributed by atoms with E-state index in [1.165, 1.54) is 0 Å². The highest BCUT2D eigenvalue weighted by Gasteiger charge is 2.20. The van der Waals surface area contributed by atoms with Crippen LogP contribution in [0.25, 0.3) is 0 Å². The Morgan fingerprint density at radius 2 is 1.64 bits per heavy atom. The van der Waals surface area contributed by atoms with E-state index in [1.807, 2.05) is 0 Å². The molecule has 0 aromatic carbocycles. The molecule has 0 heterocycles. The molecule has 0 aliphatic heterocycles. The summed E-state index contributed by atoms with van der Waals surface area (Å²) in [6.07, 6.45) is 0.526. The highest BCUT2D eigenvalue weighted by atomic mass is 16.4. The van der Waals surface area contributed by atoms with Crippen molar-refractivity contribution in [1.29, 1.82) is 0 Å². The van der Waals surface area contributed by atoms with Gasteiger partial charge >= 0.3 is 0 Å². The van der Waals surface area contributed by atoms with Crippen molar-refractivity contribution >= 4 is 5.97 Å². The number of carboxylic acids is 1. The maximum atomic E-state index is 10.5. The second kappa shape index (κ2) is 5.81. The molecule has 3 nitrogen and oxygen atoms in total. The van der Waals surface area contributed by atoms with E-state index < -0.39 is 5.97 Å². The molecule has 0 radical (unpaired) electrons. The largest absolute Gasteiger partial charge is 0.545 e. The molecule has 0 rings (SSSR count). The van der Waals surface area contributed by atoms with Gasteiger partial charge in [-0.1, -0.05) is 6.58 Å². The average Bonchev–Trinajstić information content (AvgIpc) is 2.20. The van der Waals surface area contributed by atoms with Crippen LogP contribution in [0.1, 0.15) is 27.2 Å². The van der Waals surface area contributed by atoms with Crippen LogP contribution in [-0.2, 0) is 4.79 Å². The molecule has 0 bridgehead atoms. The molecule has 0 aliphatic carbocycles. The van der Waals surface area contributed by atoms with Crippen molar-refractivity contribution in [2.45, 2.75) is 27.2 Å². The third-order valence-electron chi connectivity index (χ3n) is 3.19.